The minimum atomic E-state index is -1.58. The van der Waals surface area contributed by atoms with E-state index in [2.05, 4.69) is 60.3 Å². The topological polar surface area (TPSA) is 72.9 Å². The van der Waals surface area contributed by atoms with Crippen molar-refractivity contribution in [2.75, 3.05) is 60.0 Å². The van der Waals surface area contributed by atoms with Crippen LogP contribution in [-0.4, -0.2) is 70.9 Å². The third-order valence-corrected chi connectivity index (χ3v) is 8.93. The number of hydrogen-bond donors (Lipinski definition) is 1. The minimum Gasteiger partial charge on any atom is -0.497 e. The molecule has 0 spiro atoms. The number of nitrogens with zero attached hydrogens (tertiary/aromatic N) is 2. The molecule has 1 N–H and O–H groups in total. The van der Waals surface area contributed by atoms with Crippen molar-refractivity contribution in [2.24, 2.45) is 0 Å². The highest BCUT2D eigenvalue weighted by Crippen LogP contribution is 2.49. The molecule has 1 atom stereocenters. The predicted octanol–water partition coefficient (Wildman–Crippen LogP) is 7.68. The fraction of sp³-hybridized carbons (Fsp3) is 0.316. The summed E-state index contributed by atoms with van der Waals surface area (Å²) in [5, 5.41) is 11.8. The van der Waals surface area contributed by atoms with Crippen molar-refractivity contribution in [3.63, 3.8) is 0 Å². The summed E-state index contributed by atoms with van der Waals surface area (Å²) in [6, 6.07) is 24.1. The van der Waals surface area contributed by atoms with Crippen LogP contribution in [0.25, 0.3) is 11.6 Å². The highest BCUT2D eigenvalue weighted by atomic mass is 35.5. The Kier molecular flexibility index (Phi) is 11.0. The lowest BCUT2D eigenvalue weighted by atomic mass is 9.90. The fourth-order valence-electron chi connectivity index (χ4n) is 6.29. The van der Waals surface area contributed by atoms with Gasteiger partial charge in [-0.1, -0.05) is 35.9 Å². The maximum atomic E-state index is 11.0. The Hall–Kier alpha value is -4.08. The first kappa shape index (κ1) is 35.2. The number of aryl methyl sites for hydroxylation is 2. The normalized spacial score (nSPS) is 16.8. The molecule has 0 saturated carbocycles. The largest absolute Gasteiger partial charge is 0.497 e. The summed E-state index contributed by atoms with van der Waals surface area (Å²) in [6.45, 7) is 2.08. The lowest BCUT2D eigenvalue weighted by Crippen LogP contribution is -2.47. The van der Waals surface area contributed by atoms with Crippen LogP contribution in [0.2, 0.25) is 5.02 Å². The fourth-order valence-corrected chi connectivity index (χ4v) is 6.45. The van der Waals surface area contributed by atoms with Crippen molar-refractivity contribution in [2.45, 2.75) is 25.0 Å². The van der Waals surface area contributed by atoms with Gasteiger partial charge in [0, 0.05) is 51.8 Å². The van der Waals surface area contributed by atoms with E-state index >= 15 is 0 Å². The molecule has 3 heterocycles. The Labute approximate surface area is 293 Å². The molecule has 8 nitrogen and oxygen atoms in total. The number of halogens is 2. The number of benzene rings is 4. The smallest absolute Gasteiger partial charge is 0.270 e. The number of aliphatic hydroxyl groups is 1. The van der Waals surface area contributed by atoms with Gasteiger partial charge in [-0.3, -0.25) is 0 Å². The molecular weight excluding hydrogens is 651 g/mol. The van der Waals surface area contributed by atoms with E-state index in [1.54, 1.807) is 39.5 Å². The Balaban J connectivity index is 0.000000186. The molecule has 4 aromatic rings. The number of para-hydroxylation sites is 1. The molecule has 0 saturated heterocycles. The molecule has 0 aliphatic carbocycles. The van der Waals surface area contributed by atoms with Gasteiger partial charge in [0.25, 0.3) is 5.79 Å². The summed E-state index contributed by atoms with van der Waals surface area (Å²) >= 11 is 6.27. The number of anilines is 2. The zero-order valence-electron chi connectivity index (χ0n) is 27.9. The molecule has 3 aliphatic rings. The number of rotatable bonds is 7. The van der Waals surface area contributed by atoms with Gasteiger partial charge in [0.15, 0.2) is 18.1 Å². The lowest BCUT2D eigenvalue weighted by Gasteiger charge is -2.39. The van der Waals surface area contributed by atoms with Crippen LogP contribution >= 0.6 is 24.0 Å². The second-order valence-electron chi connectivity index (χ2n) is 12.1. The monoisotopic (exact) mass is 692 g/mol. The van der Waals surface area contributed by atoms with Gasteiger partial charge in [-0.05, 0) is 93.5 Å². The third-order valence-electron chi connectivity index (χ3n) is 8.69. The van der Waals surface area contributed by atoms with Gasteiger partial charge in [-0.15, -0.1) is 12.4 Å². The zero-order chi connectivity index (χ0) is 33.1. The van der Waals surface area contributed by atoms with Crippen molar-refractivity contribution in [3.8, 4) is 28.7 Å². The van der Waals surface area contributed by atoms with Crippen LogP contribution in [0.1, 0.15) is 28.7 Å². The van der Waals surface area contributed by atoms with Crippen molar-refractivity contribution in [1.29, 1.82) is 0 Å². The molecule has 254 valence electrons. The van der Waals surface area contributed by atoms with E-state index in [0.29, 0.717) is 39.9 Å². The third kappa shape index (κ3) is 7.17. The number of ether oxygens (including phenoxy) is 5. The molecule has 3 aliphatic heterocycles. The van der Waals surface area contributed by atoms with E-state index in [1.807, 2.05) is 24.3 Å². The number of fused-ring (bicyclic) bond motifs is 6. The van der Waals surface area contributed by atoms with E-state index in [0.717, 1.165) is 42.9 Å². The van der Waals surface area contributed by atoms with Crippen LogP contribution in [0.5, 0.6) is 28.7 Å². The van der Waals surface area contributed by atoms with E-state index in [9.17, 15) is 5.11 Å². The maximum absolute atomic E-state index is 11.0. The first-order valence-corrected chi connectivity index (χ1v) is 16.1. The molecule has 4 aromatic carbocycles. The summed E-state index contributed by atoms with van der Waals surface area (Å²) < 4.78 is 27.5. The van der Waals surface area contributed by atoms with Crippen molar-refractivity contribution < 1.29 is 28.8 Å². The summed E-state index contributed by atoms with van der Waals surface area (Å²) in [5.41, 5.74) is 7.60. The molecule has 1 unspecified atom stereocenters. The second kappa shape index (κ2) is 15.0. The maximum Gasteiger partial charge on any atom is 0.270 e. The van der Waals surface area contributed by atoms with E-state index in [4.69, 9.17) is 35.3 Å². The molecule has 10 heteroatoms. The lowest BCUT2D eigenvalue weighted by molar-refractivity contribution is -0.116. The average Bonchev–Trinajstić information content (AvgIpc) is 3.23. The quantitative estimate of drug-likeness (QED) is 0.212. The summed E-state index contributed by atoms with van der Waals surface area (Å²) in [7, 11) is 8.96. The van der Waals surface area contributed by atoms with Gasteiger partial charge in [0.05, 0.1) is 21.3 Å². The van der Waals surface area contributed by atoms with Gasteiger partial charge in [-0.25, -0.2) is 0 Å². The van der Waals surface area contributed by atoms with Crippen molar-refractivity contribution >= 4 is 47.0 Å². The number of methoxy groups -OCH3 is 3. The second-order valence-corrected chi connectivity index (χ2v) is 12.5. The van der Waals surface area contributed by atoms with Crippen LogP contribution in [-0.2, 0) is 12.8 Å². The Morgan fingerprint density at radius 1 is 0.854 bits per heavy atom. The van der Waals surface area contributed by atoms with Gasteiger partial charge in [0.2, 0.25) is 0 Å². The summed E-state index contributed by atoms with van der Waals surface area (Å²) in [4.78, 5) is 4.69. The average molecular weight is 694 g/mol. The van der Waals surface area contributed by atoms with Crippen LogP contribution < -0.4 is 28.6 Å². The van der Waals surface area contributed by atoms with E-state index in [1.165, 1.54) is 22.5 Å². The standard InChI is InChI=1S/C19H23ClN2.C19H18O6.ClH/c1-21(2)12-5-13-22-18-7-4-3-6-15(18)8-9-16-10-11-17(20)14-19(16)22;1-21-12-5-4-11-6-14-13-8-17(22-2)18(23-3)9-16(13)24-10-19(14,20)25-15(11)7-12;/h3-4,6-7,10-11,14H,5,8-9,12-13H2,1-2H3;4-9,20H,10H2,1-3H3;1H. The molecule has 0 bridgehead atoms. The first-order chi connectivity index (χ1) is 22.7. The Bertz CT molecular complexity index is 1800. The van der Waals surface area contributed by atoms with Crippen LogP contribution in [0.4, 0.5) is 11.4 Å². The highest BCUT2D eigenvalue weighted by Gasteiger charge is 2.44. The van der Waals surface area contributed by atoms with Gasteiger partial charge in [0.1, 0.15) is 17.2 Å². The van der Waals surface area contributed by atoms with Crippen LogP contribution in [0.15, 0.2) is 72.8 Å². The minimum absolute atomic E-state index is 0. The van der Waals surface area contributed by atoms with Gasteiger partial charge >= 0.3 is 0 Å². The zero-order valence-corrected chi connectivity index (χ0v) is 29.5. The molecule has 0 radical (unpaired) electrons. The summed E-state index contributed by atoms with van der Waals surface area (Å²) in [5.74, 6) is 1.34. The molecule has 0 aromatic heterocycles. The van der Waals surface area contributed by atoms with Gasteiger partial charge in [-0.2, -0.15) is 0 Å². The van der Waals surface area contributed by atoms with Crippen LogP contribution in [0.3, 0.4) is 0 Å². The SMILES string of the molecule is CN(C)CCCN1c2ccccc2CCc2ccc(Cl)cc21.COc1ccc2c(c1)OC1(O)COc3cc(OC)c(OC)cc3C1=C2.Cl. The Morgan fingerprint density at radius 2 is 1.58 bits per heavy atom. The van der Waals surface area contributed by atoms with E-state index < -0.39 is 5.79 Å². The van der Waals surface area contributed by atoms with Crippen molar-refractivity contribution in [1.82, 2.24) is 4.90 Å². The van der Waals surface area contributed by atoms with Crippen molar-refractivity contribution in [3.05, 3.63) is 100 Å². The van der Waals surface area contributed by atoms with Crippen LogP contribution in [0, 0.1) is 0 Å². The number of hydrogen-bond acceptors (Lipinski definition) is 8. The molecule has 0 fully saturated rings. The molecule has 0 amide bonds. The molecular formula is C38H42Cl2N2O6. The molecule has 7 rings (SSSR count). The molecule has 48 heavy (non-hydrogen) atoms. The highest BCUT2D eigenvalue weighted by molar-refractivity contribution is 6.30. The Morgan fingerprint density at radius 3 is 2.31 bits per heavy atom. The first-order valence-electron chi connectivity index (χ1n) is 15.7. The predicted molar refractivity (Wildman–Crippen MR) is 194 cm³/mol. The van der Waals surface area contributed by atoms with Gasteiger partial charge < -0.3 is 38.6 Å². The van der Waals surface area contributed by atoms with E-state index in [-0.39, 0.29) is 19.0 Å². The summed E-state index contributed by atoms with van der Waals surface area (Å²) in [6.07, 6.45) is 5.20.